The first-order valence-electron chi connectivity index (χ1n) is 11.4. The van der Waals surface area contributed by atoms with E-state index in [1.165, 1.54) is 11.8 Å². The maximum Gasteiger partial charge on any atom is 0.267 e. The molecule has 0 bridgehead atoms. The van der Waals surface area contributed by atoms with Gasteiger partial charge in [0.25, 0.3) is 5.56 Å². The Balaban J connectivity index is 1.30. The summed E-state index contributed by atoms with van der Waals surface area (Å²) in [4.78, 5) is 26.3. The average Bonchev–Trinajstić information content (AvgIpc) is 3.55. The third kappa shape index (κ3) is 3.85. The third-order valence-corrected chi connectivity index (χ3v) is 7.01. The molecule has 9 nitrogen and oxygen atoms in total. The molecule has 0 saturated heterocycles. The van der Waals surface area contributed by atoms with Crippen molar-refractivity contribution in [2.45, 2.75) is 23.9 Å². The van der Waals surface area contributed by atoms with Crippen LogP contribution < -0.4 is 20.3 Å². The third-order valence-electron chi connectivity index (χ3n) is 5.96. The fourth-order valence-corrected chi connectivity index (χ4v) is 5.04. The number of thioether (sulfide) groups is 1. The molecule has 0 saturated carbocycles. The number of fused-ring (bicyclic) bond motifs is 4. The van der Waals surface area contributed by atoms with Crippen molar-refractivity contribution in [3.8, 4) is 17.2 Å². The number of ether oxygens (including phenoxy) is 2. The molecule has 1 unspecified atom stereocenters. The smallest absolute Gasteiger partial charge is 0.267 e. The predicted molar refractivity (Wildman–Crippen MR) is 136 cm³/mol. The van der Waals surface area contributed by atoms with E-state index in [0.29, 0.717) is 45.6 Å². The van der Waals surface area contributed by atoms with E-state index < -0.39 is 5.25 Å². The van der Waals surface area contributed by atoms with Gasteiger partial charge in [0.15, 0.2) is 16.7 Å². The van der Waals surface area contributed by atoms with Gasteiger partial charge in [-0.2, -0.15) is 0 Å². The van der Waals surface area contributed by atoms with Crippen LogP contribution in [-0.4, -0.2) is 37.1 Å². The lowest BCUT2D eigenvalue weighted by Crippen LogP contribution is -2.30. The van der Waals surface area contributed by atoms with Gasteiger partial charge in [-0.1, -0.05) is 48.2 Å². The summed E-state index contributed by atoms with van der Waals surface area (Å²) in [5.41, 5.74) is 2.11. The Morgan fingerprint density at radius 2 is 1.81 bits per heavy atom. The van der Waals surface area contributed by atoms with Gasteiger partial charge in [0.2, 0.25) is 18.5 Å². The van der Waals surface area contributed by atoms with Crippen molar-refractivity contribution in [1.82, 2.24) is 24.5 Å². The van der Waals surface area contributed by atoms with Gasteiger partial charge < -0.3 is 14.8 Å². The number of nitrogens with zero attached hydrogens (tertiary/aromatic N) is 4. The topological polar surface area (TPSA) is 99.8 Å². The van der Waals surface area contributed by atoms with Crippen LogP contribution in [0.4, 0.5) is 0 Å². The molecule has 1 aliphatic rings. The summed E-state index contributed by atoms with van der Waals surface area (Å²) in [6.45, 7) is 2.38. The highest BCUT2D eigenvalue weighted by atomic mass is 32.2. The van der Waals surface area contributed by atoms with Gasteiger partial charge in [-0.15, -0.1) is 10.2 Å². The largest absolute Gasteiger partial charge is 0.454 e. The number of carbonyl (C=O) groups is 1. The summed E-state index contributed by atoms with van der Waals surface area (Å²) in [5.74, 6) is 1.62. The number of aromatic nitrogens is 4. The van der Waals surface area contributed by atoms with Crippen LogP contribution in [0.15, 0.2) is 82.7 Å². The molecule has 180 valence electrons. The van der Waals surface area contributed by atoms with E-state index in [0.717, 1.165) is 5.56 Å². The van der Waals surface area contributed by atoms with Crippen molar-refractivity contribution >= 4 is 34.3 Å². The summed E-state index contributed by atoms with van der Waals surface area (Å²) in [6, 6.07) is 22.3. The van der Waals surface area contributed by atoms with Crippen LogP contribution in [0, 0.1) is 0 Å². The quantitative estimate of drug-likeness (QED) is 0.357. The number of carbonyl (C=O) groups excluding carboxylic acids is 1. The summed E-state index contributed by atoms with van der Waals surface area (Å²) in [7, 11) is 0. The average molecular weight is 500 g/mol. The summed E-state index contributed by atoms with van der Waals surface area (Å²) in [5, 5.41) is 12.3. The maximum absolute atomic E-state index is 13.4. The standard InChI is InChI=1S/C26H21N5O4S/c1-16(23(32)27-14-17-11-12-21-22(13-17)35-15-34-21)36-26-29-28-25-30(18-7-3-2-4-8-18)24(33)19-9-5-6-10-20(19)31(25)26/h2-13,16H,14-15H2,1H3,(H,27,32). The van der Waals surface area contributed by atoms with Gasteiger partial charge in [-0.3, -0.25) is 14.0 Å². The Hall–Kier alpha value is -4.31. The summed E-state index contributed by atoms with van der Waals surface area (Å²) in [6.07, 6.45) is 0. The van der Waals surface area contributed by atoms with E-state index in [4.69, 9.17) is 9.47 Å². The van der Waals surface area contributed by atoms with E-state index in [2.05, 4.69) is 15.5 Å². The first-order chi connectivity index (χ1) is 17.6. The van der Waals surface area contributed by atoms with E-state index in [9.17, 15) is 9.59 Å². The lowest BCUT2D eigenvalue weighted by atomic mass is 10.2. The number of nitrogens with one attached hydrogen (secondary N) is 1. The van der Waals surface area contributed by atoms with E-state index in [1.807, 2.05) is 78.1 Å². The maximum atomic E-state index is 13.4. The van der Waals surface area contributed by atoms with E-state index >= 15 is 0 Å². The lowest BCUT2D eigenvalue weighted by Gasteiger charge is -2.13. The highest BCUT2D eigenvalue weighted by Gasteiger charge is 2.22. The highest BCUT2D eigenvalue weighted by Crippen LogP contribution is 2.32. The minimum absolute atomic E-state index is 0.143. The van der Waals surface area contributed by atoms with Crippen molar-refractivity contribution in [3.63, 3.8) is 0 Å². The molecular formula is C26H21N5O4S. The van der Waals surface area contributed by atoms with Gasteiger partial charge in [0.05, 0.1) is 21.8 Å². The fraction of sp³-hybridized carbons (Fsp3) is 0.154. The van der Waals surface area contributed by atoms with Gasteiger partial charge in [-0.05, 0) is 48.9 Å². The Labute approximate surface area is 209 Å². The normalized spacial score (nSPS) is 13.2. The molecule has 0 aliphatic carbocycles. The Bertz CT molecular complexity index is 1660. The molecule has 10 heteroatoms. The molecule has 2 aromatic heterocycles. The fourth-order valence-electron chi connectivity index (χ4n) is 4.16. The Kier molecular flexibility index (Phi) is 5.57. The molecule has 0 fully saturated rings. The second kappa shape index (κ2) is 9.04. The summed E-state index contributed by atoms with van der Waals surface area (Å²) < 4.78 is 14.1. The number of benzene rings is 3. The molecular weight excluding hydrogens is 478 g/mol. The minimum atomic E-state index is -0.456. The van der Waals surface area contributed by atoms with Gasteiger partial charge in [-0.25, -0.2) is 4.57 Å². The SMILES string of the molecule is CC(Sc1nnc2n(-c3ccccc3)c(=O)c3ccccc3n12)C(=O)NCc1ccc2c(c1)OCO2. The molecule has 6 rings (SSSR count). The van der Waals surface area contributed by atoms with Crippen molar-refractivity contribution in [1.29, 1.82) is 0 Å². The van der Waals surface area contributed by atoms with Crippen molar-refractivity contribution < 1.29 is 14.3 Å². The van der Waals surface area contributed by atoms with Crippen LogP contribution in [0.25, 0.3) is 22.4 Å². The molecule has 0 radical (unpaired) electrons. The Morgan fingerprint density at radius 3 is 2.67 bits per heavy atom. The molecule has 0 spiro atoms. The van der Waals surface area contributed by atoms with Gasteiger partial charge in [0.1, 0.15) is 0 Å². The molecule has 1 aliphatic heterocycles. The molecule has 3 aromatic carbocycles. The zero-order valence-corrected chi connectivity index (χ0v) is 20.1. The molecule has 1 atom stereocenters. The number of amides is 1. The van der Waals surface area contributed by atoms with E-state index in [-0.39, 0.29) is 18.3 Å². The number of hydrogen-bond acceptors (Lipinski definition) is 7. The molecule has 1 N–H and O–H groups in total. The van der Waals surface area contributed by atoms with E-state index in [1.54, 1.807) is 10.6 Å². The molecule has 36 heavy (non-hydrogen) atoms. The summed E-state index contributed by atoms with van der Waals surface area (Å²) >= 11 is 1.28. The van der Waals surface area contributed by atoms with Crippen molar-refractivity contribution in [2.24, 2.45) is 0 Å². The van der Waals surface area contributed by atoms with Crippen molar-refractivity contribution in [2.75, 3.05) is 6.79 Å². The number of hydrogen-bond donors (Lipinski definition) is 1. The monoisotopic (exact) mass is 499 g/mol. The zero-order valence-electron chi connectivity index (χ0n) is 19.2. The van der Waals surface area contributed by atoms with Crippen LogP contribution in [0.3, 0.4) is 0 Å². The Morgan fingerprint density at radius 1 is 1.03 bits per heavy atom. The number of para-hydroxylation sites is 2. The highest BCUT2D eigenvalue weighted by molar-refractivity contribution is 8.00. The minimum Gasteiger partial charge on any atom is -0.454 e. The van der Waals surface area contributed by atoms with Crippen LogP contribution in [0.1, 0.15) is 12.5 Å². The second-order valence-corrected chi connectivity index (χ2v) is 9.58. The lowest BCUT2D eigenvalue weighted by molar-refractivity contribution is -0.120. The van der Waals surface area contributed by atoms with Gasteiger partial charge in [0, 0.05) is 6.54 Å². The van der Waals surface area contributed by atoms with Crippen LogP contribution >= 0.6 is 11.8 Å². The number of rotatable bonds is 6. The van der Waals surface area contributed by atoms with Crippen molar-refractivity contribution in [3.05, 3.63) is 88.7 Å². The second-order valence-electron chi connectivity index (χ2n) is 8.28. The molecule has 1 amide bonds. The van der Waals surface area contributed by atoms with Crippen LogP contribution in [0.2, 0.25) is 0 Å². The first-order valence-corrected chi connectivity index (χ1v) is 12.3. The van der Waals surface area contributed by atoms with Crippen LogP contribution in [0.5, 0.6) is 11.5 Å². The molecule has 5 aromatic rings. The predicted octanol–water partition coefficient (Wildman–Crippen LogP) is 3.56. The van der Waals surface area contributed by atoms with Crippen LogP contribution in [-0.2, 0) is 11.3 Å². The first kappa shape index (κ1) is 22.2. The zero-order chi connectivity index (χ0) is 24.6. The molecule has 3 heterocycles. The van der Waals surface area contributed by atoms with Gasteiger partial charge >= 0.3 is 0 Å².